The van der Waals surface area contributed by atoms with Gasteiger partial charge in [-0.1, -0.05) is 6.92 Å². The first-order valence-electron chi connectivity index (χ1n) is 6.62. The normalized spacial score (nSPS) is 12.5. The topological polar surface area (TPSA) is 50.4 Å². The van der Waals surface area contributed by atoms with Gasteiger partial charge < -0.3 is 9.52 Å². The molecule has 2 rings (SSSR count). The van der Waals surface area contributed by atoms with E-state index in [4.69, 9.17) is 9.52 Å². The van der Waals surface area contributed by atoms with Gasteiger partial charge in [0.15, 0.2) is 0 Å². The lowest BCUT2D eigenvalue weighted by Gasteiger charge is -2.08. The zero-order valence-electron chi connectivity index (χ0n) is 11.9. The molecular weight excluding hydrogens is 316 g/mol. The Bertz CT molecular complexity index is 757. The van der Waals surface area contributed by atoms with Gasteiger partial charge in [0.1, 0.15) is 17.3 Å². The van der Waals surface area contributed by atoms with Crippen molar-refractivity contribution in [1.82, 2.24) is 0 Å². The van der Waals surface area contributed by atoms with E-state index in [1.807, 2.05) is 0 Å². The van der Waals surface area contributed by atoms with Crippen molar-refractivity contribution in [1.29, 1.82) is 0 Å². The van der Waals surface area contributed by atoms with Crippen molar-refractivity contribution >= 4 is 11.5 Å². The lowest BCUT2D eigenvalue weighted by atomic mass is 10.1. The number of aliphatic carboxylic acids is 1. The van der Waals surface area contributed by atoms with Crippen molar-refractivity contribution in [3.63, 3.8) is 0 Å². The quantitative estimate of drug-likeness (QED) is 0.636. The summed E-state index contributed by atoms with van der Waals surface area (Å²) in [6.45, 7) is 1.71. The fourth-order valence-electron chi connectivity index (χ4n) is 2.06. The highest BCUT2D eigenvalue weighted by molar-refractivity contribution is 5.89. The summed E-state index contributed by atoms with van der Waals surface area (Å²) in [6, 6.07) is 4.90. The van der Waals surface area contributed by atoms with Crippen LogP contribution in [0.15, 0.2) is 40.8 Å². The monoisotopic (exact) mass is 328 g/mol. The molecule has 0 saturated carbocycles. The molecule has 2 aromatic rings. The van der Waals surface area contributed by atoms with Gasteiger partial charge in [-0.05, 0) is 36.8 Å². The number of halogens is 4. The number of furan rings is 1. The Morgan fingerprint density at radius 1 is 1.26 bits per heavy atom. The Kier molecular flexibility index (Phi) is 4.58. The van der Waals surface area contributed by atoms with Gasteiger partial charge in [-0.15, -0.1) is 0 Å². The molecule has 0 bridgehead atoms. The number of carboxylic acid groups (broad SMARTS) is 1. The van der Waals surface area contributed by atoms with E-state index in [1.165, 1.54) is 12.1 Å². The first kappa shape index (κ1) is 16.8. The van der Waals surface area contributed by atoms with Gasteiger partial charge >= 0.3 is 12.1 Å². The molecule has 1 aromatic heterocycles. The Labute approximate surface area is 128 Å². The highest BCUT2D eigenvalue weighted by Gasteiger charge is 2.31. The van der Waals surface area contributed by atoms with Crippen LogP contribution in [0.2, 0.25) is 0 Å². The molecule has 0 aliphatic carbocycles. The summed E-state index contributed by atoms with van der Waals surface area (Å²) in [5.74, 6) is -1.97. The average molecular weight is 328 g/mol. The molecule has 1 heterocycles. The van der Waals surface area contributed by atoms with E-state index in [2.05, 4.69) is 0 Å². The molecule has 0 unspecified atom stereocenters. The molecule has 122 valence electrons. The minimum Gasteiger partial charge on any atom is -0.478 e. The summed E-state index contributed by atoms with van der Waals surface area (Å²) in [6.07, 6.45) is -3.37. The van der Waals surface area contributed by atoms with Crippen LogP contribution in [0.3, 0.4) is 0 Å². The van der Waals surface area contributed by atoms with Gasteiger partial charge in [-0.25, -0.2) is 9.18 Å². The third-order valence-electron chi connectivity index (χ3n) is 3.11. The van der Waals surface area contributed by atoms with Gasteiger partial charge in [0.2, 0.25) is 0 Å². The smallest absolute Gasteiger partial charge is 0.416 e. The maximum atomic E-state index is 13.4. The molecule has 1 N–H and O–H groups in total. The number of carboxylic acids is 1. The minimum absolute atomic E-state index is 0.0229. The Morgan fingerprint density at radius 2 is 1.96 bits per heavy atom. The molecule has 0 saturated heterocycles. The van der Waals surface area contributed by atoms with Crippen LogP contribution in [0, 0.1) is 5.82 Å². The molecule has 0 fully saturated rings. The van der Waals surface area contributed by atoms with Crippen molar-refractivity contribution in [3.05, 3.63) is 53.5 Å². The standard InChI is InChI=1S/C16H12F4O3/c1-2-9(7-15(21)22)13-3-4-14(23-13)10-5-11(16(18,19)20)8-12(17)6-10/h3-8H,2H2,1H3,(H,21,22)/b9-7+. The zero-order valence-corrected chi connectivity index (χ0v) is 11.9. The van der Waals surface area contributed by atoms with Gasteiger partial charge in [-0.2, -0.15) is 13.2 Å². The van der Waals surface area contributed by atoms with E-state index in [0.29, 0.717) is 18.1 Å². The SMILES string of the molecule is CC/C(=C\C(=O)O)c1ccc(-c2cc(F)cc(C(F)(F)F)c2)o1. The van der Waals surface area contributed by atoms with E-state index in [-0.39, 0.29) is 17.1 Å². The summed E-state index contributed by atoms with van der Waals surface area (Å²) in [5.41, 5.74) is -0.826. The Morgan fingerprint density at radius 3 is 2.52 bits per heavy atom. The maximum Gasteiger partial charge on any atom is 0.416 e. The summed E-state index contributed by atoms with van der Waals surface area (Å²) in [4.78, 5) is 10.7. The molecule has 7 heteroatoms. The highest BCUT2D eigenvalue weighted by Crippen LogP contribution is 2.34. The number of carbonyl (C=O) groups is 1. The van der Waals surface area contributed by atoms with E-state index in [0.717, 1.165) is 18.2 Å². The lowest BCUT2D eigenvalue weighted by Crippen LogP contribution is -2.05. The van der Waals surface area contributed by atoms with Crippen LogP contribution < -0.4 is 0 Å². The summed E-state index contributed by atoms with van der Waals surface area (Å²) in [7, 11) is 0. The third kappa shape index (κ3) is 4.00. The largest absolute Gasteiger partial charge is 0.478 e. The fraction of sp³-hybridized carbons (Fsp3) is 0.188. The first-order valence-corrected chi connectivity index (χ1v) is 6.62. The van der Waals surface area contributed by atoms with Crippen molar-refractivity contribution < 1.29 is 31.9 Å². The van der Waals surface area contributed by atoms with Gasteiger partial charge in [0.25, 0.3) is 0 Å². The minimum atomic E-state index is -4.68. The second-order valence-corrected chi connectivity index (χ2v) is 4.75. The first-order chi connectivity index (χ1) is 10.7. The van der Waals surface area contributed by atoms with Crippen LogP contribution in [-0.4, -0.2) is 11.1 Å². The molecule has 0 aliphatic rings. The second-order valence-electron chi connectivity index (χ2n) is 4.75. The summed E-state index contributed by atoms with van der Waals surface area (Å²) in [5, 5.41) is 8.77. The molecule has 0 atom stereocenters. The number of allylic oxidation sites excluding steroid dienone is 1. The number of hydrogen-bond acceptors (Lipinski definition) is 2. The molecule has 1 aromatic carbocycles. The number of benzene rings is 1. The maximum absolute atomic E-state index is 13.4. The highest BCUT2D eigenvalue weighted by atomic mass is 19.4. The van der Waals surface area contributed by atoms with Crippen molar-refractivity contribution in [2.24, 2.45) is 0 Å². The Balaban J connectivity index is 2.45. The van der Waals surface area contributed by atoms with Gasteiger partial charge in [0, 0.05) is 17.2 Å². The van der Waals surface area contributed by atoms with Crippen LogP contribution in [0.1, 0.15) is 24.7 Å². The number of rotatable bonds is 4. The molecule has 3 nitrogen and oxygen atoms in total. The van der Waals surface area contributed by atoms with Crippen molar-refractivity contribution in [3.8, 4) is 11.3 Å². The van der Waals surface area contributed by atoms with E-state index in [9.17, 15) is 22.4 Å². The number of hydrogen-bond donors (Lipinski definition) is 1. The van der Waals surface area contributed by atoms with E-state index >= 15 is 0 Å². The van der Waals surface area contributed by atoms with E-state index in [1.54, 1.807) is 6.92 Å². The van der Waals surface area contributed by atoms with E-state index < -0.39 is 23.5 Å². The van der Waals surface area contributed by atoms with Crippen LogP contribution in [0.4, 0.5) is 17.6 Å². The summed E-state index contributed by atoms with van der Waals surface area (Å²) >= 11 is 0. The second kappa shape index (κ2) is 6.28. The molecular formula is C16H12F4O3. The predicted molar refractivity (Wildman–Crippen MR) is 75.0 cm³/mol. The fourth-order valence-corrected chi connectivity index (χ4v) is 2.06. The molecule has 0 aliphatic heterocycles. The Hall–Kier alpha value is -2.57. The predicted octanol–water partition coefficient (Wildman–Crippen LogP) is 4.98. The van der Waals surface area contributed by atoms with Crippen LogP contribution in [0.5, 0.6) is 0 Å². The van der Waals surface area contributed by atoms with Crippen LogP contribution >= 0.6 is 0 Å². The van der Waals surface area contributed by atoms with Gasteiger partial charge in [0.05, 0.1) is 5.56 Å². The molecule has 0 spiro atoms. The van der Waals surface area contributed by atoms with Crippen molar-refractivity contribution in [2.45, 2.75) is 19.5 Å². The lowest BCUT2D eigenvalue weighted by molar-refractivity contribution is -0.137. The molecule has 0 amide bonds. The molecule has 0 radical (unpaired) electrons. The number of alkyl halides is 3. The molecule has 23 heavy (non-hydrogen) atoms. The van der Waals surface area contributed by atoms with Gasteiger partial charge in [-0.3, -0.25) is 0 Å². The zero-order chi connectivity index (χ0) is 17.2. The average Bonchev–Trinajstić information content (AvgIpc) is 2.92. The summed E-state index contributed by atoms with van der Waals surface area (Å²) < 4.78 is 57.0. The van der Waals surface area contributed by atoms with Crippen LogP contribution in [-0.2, 0) is 11.0 Å². The van der Waals surface area contributed by atoms with Crippen LogP contribution in [0.25, 0.3) is 16.9 Å². The third-order valence-corrected chi connectivity index (χ3v) is 3.11. The van der Waals surface area contributed by atoms with Crippen molar-refractivity contribution in [2.75, 3.05) is 0 Å².